The van der Waals surface area contributed by atoms with Gasteiger partial charge < -0.3 is 15.3 Å². The Morgan fingerprint density at radius 3 is 2.45 bits per heavy atom. The first kappa shape index (κ1) is 19.6. The normalized spacial score (nSPS) is 22.1. The molecule has 29 heavy (non-hydrogen) atoms. The second kappa shape index (κ2) is 7.64. The lowest BCUT2D eigenvalue weighted by Crippen LogP contribution is -2.48. The van der Waals surface area contributed by atoms with Crippen LogP contribution in [-0.4, -0.2) is 37.1 Å². The molecule has 152 valence electrons. The van der Waals surface area contributed by atoms with Crippen LogP contribution in [0, 0.1) is 5.41 Å². The van der Waals surface area contributed by atoms with Gasteiger partial charge in [-0.3, -0.25) is 9.59 Å². The lowest BCUT2D eigenvalue weighted by molar-refractivity contribution is -0.130. The second-order valence-electron chi connectivity index (χ2n) is 8.59. The average Bonchev–Trinajstić information content (AvgIpc) is 2.91. The van der Waals surface area contributed by atoms with Crippen LogP contribution in [0.5, 0.6) is 0 Å². The SMILES string of the molecule is CN1C(=O)[C@](CC(=O)NCC2(CO)CCC2)(Cc2ccccc2)c2ccccc21. The summed E-state index contributed by atoms with van der Waals surface area (Å²) < 4.78 is 0. The van der Waals surface area contributed by atoms with Crippen LogP contribution in [0.15, 0.2) is 54.6 Å². The van der Waals surface area contributed by atoms with E-state index in [1.807, 2.05) is 54.6 Å². The van der Waals surface area contributed by atoms with E-state index < -0.39 is 5.41 Å². The van der Waals surface area contributed by atoms with Gasteiger partial charge in [-0.1, -0.05) is 55.0 Å². The standard InChI is InChI=1S/C24H28N2O3/c1-26-20-11-6-5-10-19(20)24(22(26)29,14-18-8-3-2-4-9-18)15-21(28)25-16-23(17-27)12-7-13-23/h2-6,8-11,27H,7,12-17H2,1H3,(H,25,28)/t24-/m0/s1. The number of carbonyl (C=O) groups is 2. The maximum absolute atomic E-state index is 13.5. The summed E-state index contributed by atoms with van der Waals surface area (Å²) in [5.74, 6) is -0.183. The van der Waals surface area contributed by atoms with Crippen LogP contribution < -0.4 is 10.2 Å². The van der Waals surface area contributed by atoms with Gasteiger partial charge in [0.1, 0.15) is 0 Å². The molecule has 2 aromatic carbocycles. The third kappa shape index (κ3) is 3.44. The van der Waals surface area contributed by atoms with Crippen LogP contribution in [0.2, 0.25) is 0 Å². The summed E-state index contributed by atoms with van der Waals surface area (Å²) in [6.45, 7) is 0.558. The van der Waals surface area contributed by atoms with Crippen molar-refractivity contribution in [2.45, 2.75) is 37.5 Å². The molecule has 1 atom stereocenters. The van der Waals surface area contributed by atoms with E-state index in [2.05, 4.69) is 5.32 Å². The third-order valence-electron chi connectivity index (χ3n) is 6.72. The number of nitrogens with zero attached hydrogens (tertiary/aromatic N) is 1. The fraction of sp³-hybridized carbons (Fsp3) is 0.417. The Hall–Kier alpha value is -2.66. The van der Waals surface area contributed by atoms with Gasteiger partial charge in [0.05, 0.1) is 12.0 Å². The number of nitrogens with one attached hydrogen (secondary N) is 1. The monoisotopic (exact) mass is 392 g/mol. The Kier molecular flexibility index (Phi) is 5.17. The molecule has 1 aliphatic carbocycles. The molecule has 2 aliphatic rings. The average molecular weight is 392 g/mol. The molecule has 0 saturated heterocycles. The number of likely N-dealkylation sites (N-methyl/N-ethyl adjacent to an activating group) is 1. The Bertz CT molecular complexity index is 902. The van der Waals surface area contributed by atoms with Gasteiger partial charge in [0.2, 0.25) is 11.8 Å². The summed E-state index contributed by atoms with van der Waals surface area (Å²) in [6.07, 6.45) is 3.54. The highest BCUT2D eigenvalue weighted by molar-refractivity contribution is 6.09. The largest absolute Gasteiger partial charge is 0.396 e. The summed E-state index contributed by atoms with van der Waals surface area (Å²) in [5, 5.41) is 12.7. The topological polar surface area (TPSA) is 69.6 Å². The van der Waals surface area contributed by atoms with Crippen LogP contribution in [0.3, 0.4) is 0 Å². The van der Waals surface area contributed by atoms with Gasteiger partial charge in [0.15, 0.2) is 0 Å². The predicted molar refractivity (Wildman–Crippen MR) is 113 cm³/mol. The van der Waals surface area contributed by atoms with Crippen LogP contribution in [0.4, 0.5) is 5.69 Å². The molecule has 1 heterocycles. The third-order valence-corrected chi connectivity index (χ3v) is 6.72. The van der Waals surface area contributed by atoms with Crippen LogP contribution in [0.25, 0.3) is 0 Å². The fourth-order valence-electron chi connectivity index (χ4n) is 4.76. The molecule has 0 unspecified atom stereocenters. The first-order chi connectivity index (χ1) is 14.0. The summed E-state index contributed by atoms with van der Waals surface area (Å²) in [6, 6.07) is 17.6. The molecule has 1 fully saturated rings. The highest BCUT2D eigenvalue weighted by Crippen LogP contribution is 2.45. The van der Waals surface area contributed by atoms with E-state index in [0.717, 1.165) is 36.1 Å². The zero-order chi connectivity index (χ0) is 20.5. The molecule has 2 aromatic rings. The zero-order valence-electron chi connectivity index (χ0n) is 16.9. The van der Waals surface area contributed by atoms with Crippen molar-refractivity contribution in [3.8, 4) is 0 Å². The number of benzene rings is 2. The maximum Gasteiger partial charge on any atom is 0.238 e. The van der Waals surface area contributed by atoms with Gasteiger partial charge in [-0.15, -0.1) is 0 Å². The molecular formula is C24H28N2O3. The van der Waals surface area contributed by atoms with Crippen LogP contribution in [-0.2, 0) is 21.4 Å². The molecule has 0 spiro atoms. The summed E-state index contributed by atoms with van der Waals surface area (Å²) >= 11 is 0. The van der Waals surface area contributed by atoms with Gasteiger partial charge in [-0.2, -0.15) is 0 Å². The van der Waals surface area contributed by atoms with Crippen molar-refractivity contribution >= 4 is 17.5 Å². The van der Waals surface area contributed by atoms with E-state index in [1.54, 1.807) is 11.9 Å². The minimum Gasteiger partial charge on any atom is -0.396 e. The minimum absolute atomic E-state index is 0.0433. The lowest BCUT2D eigenvalue weighted by Gasteiger charge is -2.40. The Morgan fingerprint density at radius 1 is 1.10 bits per heavy atom. The summed E-state index contributed by atoms with van der Waals surface area (Å²) in [5.41, 5.74) is 1.71. The van der Waals surface area contributed by atoms with Gasteiger partial charge in [-0.25, -0.2) is 0 Å². The number of aliphatic hydroxyl groups is 1. The van der Waals surface area contributed by atoms with Gasteiger partial charge >= 0.3 is 0 Å². The number of hydrogen-bond donors (Lipinski definition) is 2. The van der Waals surface area contributed by atoms with Crippen molar-refractivity contribution in [2.75, 3.05) is 25.1 Å². The number of para-hydroxylation sites is 1. The Balaban J connectivity index is 1.63. The molecule has 5 nitrogen and oxygen atoms in total. The number of aliphatic hydroxyl groups excluding tert-OH is 1. The molecule has 1 aliphatic heterocycles. The molecule has 0 radical (unpaired) electrons. The molecule has 5 heteroatoms. The zero-order valence-corrected chi connectivity index (χ0v) is 16.9. The predicted octanol–water partition coefficient (Wildman–Crippen LogP) is 2.81. The van der Waals surface area contributed by atoms with Crippen molar-refractivity contribution < 1.29 is 14.7 Å². The summed E-state index contributed by atoms with van der Waals surface area (Å²) in [4.78, 5) is 28.1. The van der Waals surface area contributed by atoms with Crippen LogP contribution in [0.1, 0.15) is 36.8 Å². The number of amides is 2. The first-order valence-corrected chi connectivity index (χ1v) is 10.3. The molecule has 0 aromatic heterocycles. The number of carbonyl (C=O) groups excluding carboxylic acids is 2. The number of anilines is 1. The fourth-order valence-corrected chi connectivity index (χ4v) is 4.76. The highest BCUT2D eigenvalue weighted by atomic mass is 16.3. The lowest BCUT2D eigenvalue weighted by atomic mass is 9.69. The van der Waals surface area contributed by atoms with Crippen molar-refractivity contribution in [1.82, 2.24) is 5.32 Å². The molecule has 1 saturated carbocycles. The number of hydrogen-bond acceptors (Lipinski definition) is 3. The van der Waals surface area contributed by atoms with Crippen molar-refractivity contribution in [1.29, 1.82) is 0 Å². The first-order valence-electron chi connectivity index (χ1n) is 10.3. The molecule has 0 bridgehead atoms. The van der Waals surface area contributed by atoms with Gasteiger partial charge in [0.25, 0.3) is 0 Å². The highest BCUT2D eigenvalue weighted by Gasteiger charge is 2.51. The Morgan fingerprint density at radius 2 is 1.79 bits per heavy atom. The molecule has 4 rings (SSSR count). The molecular weight excluding hydrogens is 364 g/mol. The minimum atomic E-state index is -0.914. The van der Waals surface area contributed by atoms with E-state index in [4.69, 9.17) is 0 Å². The number of fused-ring (bicyclic) bond motifs is 1. The van der Waals surface area contributed by atoms with Gasteiger partial charge in [0, 0.05) is 31.1 Å². The van der Waals surface area contributed by atoms with Crippen molar-refractivity contribution in [3.05, 3.63) is 65.7 Å². The van der Waals surface area contributed by atoms with E-state index in [-0.39, 0.29) is 30.3 Å². The summed E-state index contributed by atoms with van der Waals surface area (Å²) in [7, 11) is 1.78. The second-order valence-corrected chi connectivity index (χ2v) is 8.59. The van der Waals surface area contributed by atoms with E-state index in [1.165, 1.54) is 0 Å². The number of rotatable bonds is 7. The quantitative estimate of drug-likeness (QED) is 0.761. The molecule has 2 amide bonds. The smallest absolute Gasteiger partial charge is 0.238 e. The molecule has 2 N–H and O–H groups in total. The van der Waals surface area contributed by atoms with Crippen LogP contribution >= 0.6 is 0 Å². The van der Waals surface area contributed by atoms with Crippen molar-refractivity contribution in [3.63, 3.8) is 0 Å². The Labute approximate surface area is 171 Å². The van der Waals surface area contributed by atoms with E-state index in [9.17, 15) is 14.7 Å². The van der Waals surface area contributed by atoms with Crippen molar-refractivity contribution in [2.24, 2.45) is 5.41 Å². The van der Waals surface area contributed by atoms with Gasteiger partial charge in [-0.05, 0) is 36.5 Å². The maximum atomic E-state index is 13.5. The van der Waals surface area contributed by atoms with E-state index in [0.29, 0.717) is 13.0 Å². The van der Waals surface area contributed by atoms with E-state index >= 15 is 0 Å².